The fourth-order valence-electron chi connectivity index (χ4n) is 2.64. The van der Waals surface area contributed by atoms with Crippen LogP contribution in [0, 0.1) is 0 Å². The Morgan fingerprint density at radius 3 is 2.15 bits per heavy atom. The van der Waals surface area contributed by atoms with Gasteiger partial charge in [-0.3, -0.25) is 9.10 Å². The number of rotatable bonds is 7. The number of sulfonamides is 1. The highest BCUT2D eigenvalue weighted by atomic mass is 35.5. The lowest BCUT2D eigenvalue weighted by molar-refractivity contribution is 0.0773. The van der Waals surface area contributed by atoms with Crippen LogP contribution in [0.1, 0.15) is 29.8 Å². The standard InChI is InChI=1S/C19H23ClN2O3S/c1-4-21(5-2)19(23)16-11-9-15(10-12-16)14-22(26(3,24)25)18-8-6-7-17(20)13-18/h6-13H,4-5,14H2,1-3H3. The van der Waals surface area contributed by atoms with Crippen LogP contribution in [0.5, 0.6) is 0 Å². The summed E-state index contributed by atoms with van der Waals surface area (Å²) in [5.74, 6) is -0.0311. The minimum absolute atomic E-state index is 0.0311. The van der Waals surface area contributed by atoms with Gasteiger partial charge in [-0.05, 0) is 49.7 Å². The van der Waals surface area contributed by atoms with E-state index in [1.807, 2.05) is 13.8 Å². The maximum atomic E-state index is 12.4. The molecule has 0 unspecified atom stereocenters. The minimum Gasteiger partial charge on any atom is -0.339 e. The molecule has 2 aromatic carbocycles. The van der Waals surface area contributed by atoms with Crippen molar-refractivity contribution >= 4 is 33.2 Å². The van der Waals surface area contributed by atoms with Crippen LogP contribution in [-0.4, -0.2) is 38.6 Å². The molecular formula is C19H23ClN2O3S. The summed E-state index contributed by atoms with van der Waals surface area (Å²) in [6, 6.07) is 13.7. The number of halogens is 1. The number of carbonyl (C=O) groups is 1. The maximum Gasteiger partial charge on any atom is 0.253 e. The number of benzene rings is 2. The van der Waals surface area contributed by atoms with Gasteiger partial charge in [-0.15, -0.1) is 0 Å². The van der Waals surface area contributed by atoms with Gasteiger partial charge in [0.05, 0.1) is 18.5 Å². The third-order valence-electron chi connectivity index (χ3n) is 4.07. The number of carbonyl (C=O) groups excluding carboxylic acids is 1. The molecule has 140 valence electrons. The normalized spacial score (nSPS) is 11.2. The Balaban J connectivity index is 2.26. The maximum absolute atomic E-state index is 12.4. The summed E-state index contributed by atoms with van der Waals surface area (Å²) in [4.78, 5) is 14.1. The van der Waals surface area contributed by atoms with E-state index in [-0.39, 0.29) is 12.5 Å². The van der Waals surface area contributed by atoms with Crippen LogP contribution < -0.4 is 4.31 Å². The molecule has 0 bridgehead atoms. The van der Waals surface area contributed by atoms with Crippen LogP contribution in [-0.2, 0) is 16.6 Å². The van der Waals surface area contributed by atoms with Crippen molar-refractivity contribution < 1.29 is 13.2 Å². The van der Waals surface area contributed by atoms with Crippen molar-refractivity contribution in [1.82, 2.24) is 4.90 Å². The molecule has 0 saturated heterocycles. The molecule has 7 heteroatoms. The number of hydrogen-bond donors (Lipinski definition) is 0. The Kier molecular flexibility index (Phi) is 6.67. The zero-order chi connectivity index (χ0) is 19.3. The van der Waals surface area contributed by atoms with Gasteiger partial charge in [0, 0.05) is 23.7 Å². The Morgan fingerprint density at radius 1 is 1.04 bits per heavy atom. The van der Waals surface area contributed by atoms with Crippen LogP contribution >= 0.6 is 11.6 Å². The quantitative estimate of drug-likeness (QED) is 0.717. The summed E-state index contributed by atoms with van der Waals surface area (Å²) in [6.07, 6.45) is 1.16. The van der Waals surface area contributed by atoms with E-state index in [0.717, 1.165) is 11.8 Å². The van der Waals surface area contributed by atoms with Crippen molar-refractivity contribution in [3.05, 3.63) is 64.7 Å². The molecule has 2 aromatic rings. The Labute approximate surface area is 160 Å². The smallest absolute Gasteiger partial charge is 0.253 e. The van der Waals surface area contributed by atoms with Crippen molar-refractivity contribution in [2.45, 2.75) is 20.4 Å². The van der Waals surface area contributed by atoms with Crippen LogP contribution in [0.3, 0.4) is 0 Å². The van der Waals surface area contributed by atoms with Gasteiger partial charge in [-0.1, -0.05) is 29.8 Å². The molecule has 2 rings (SSSR count). The average molecular weight is 395 g/mol. The lowest BCUT2D eigenvalue weighted by atomic mass is 10.1. The van der Waals surface area contributed by atoms with Crippen molar-refractivity contribution in [2.75, 3.05) is 23.7 Å². The Hall–Kier alpha value is -2.05. The van der Waals surface area contributed by atoms with Gasteiger partial charge >= 0.3 is 0 Å². The molecule has 0 atom stereocenters. The summed E-state index contributed by atoms with van der Waals surface area (Å²) in [6.45, 7) is 5.33. The Morgan fingerprint density at radius 2 is 1.65 bits per heavy atom. The second kappa shape index (κ2) is 8.56. The van der Waals surface area contributed by atoms with Crippen LogP contribution in [0.2, 0.25) is 5.02 Å². The summed E-state index contributed by atoms with van der Waals surface area (Å²) in [5, 5.41) is 0.469. The number of anilines is 1. The fraction of sp³-hybridized carbons (Fsp3) is 0.316. The molecule has 26 heavy (non-hydrogen) atoms. The zero-order valence-electron chi connectivity index (χ0n) is 15.1. The predicted octanol–water partition coefficient (Wildman–Crippen LogP) is 3.79. The minimum atomic E-state index is -3.48. The number of hydrogen-bond acceptors (Lipinski definition) is 3. The molecule has 0 N–H and O–H groups in total. The highest BCUT2D eigenvalue weighted by Gasteiger charge is 2.19. The SMILES string of the molecule is CCN(CC)C(=O)c1ccc(CN(c2cccc(Cl)c2)S(C)(=O)=O)cc1. The summed E-state index contributed by atoms with van der Waals surface area (Å²) in [7, 11) is -3.48. The highest BCUT2D eigenvalue weighted by Crippen LogP contribution is 2.24. The van der Waals surface area contributed by atoms with Crippen LogP contribution in [0.25, 0.3) is 0 Å². The van der Waals surface area contributed by atoms with Gasteiger partial charge < -0.3 is 4.90 Å². The molecule has 0 saturated carbocycles. The summed E-state index contributed by atoms with van der Waals surface area (Å²) >= 11 is 5.99. The van der Waals surface area contributed by atoms with Gasteiger partial charge in [-0.2, -0.15) is 0 Å². The molecule has 0 aliphatic rings. The van der Waals surface area contributed by atoms with Gasteiger partial charge in [0.1, 0.15) is 0 Å². The monoisotopic (exact) mass is 394 g/mol. The molecular weight excluding hydrogens is 372 g/mol. The molecule has 0 spiro atoms. The second-order valence-corrected chi connectivity index (χ2v) is 8.27. The Bertz CT molecular complexity index is 863. The van der Waals surface area contributed by atoms with E-state index in [2.05, 4.69) is 0 Å². The van der Waals surface area contributed by atoms with Crippen LogP contribution in [0.15, 0.2) is 48.5 Å². The first-order valence-corrected chi connectivity index (χ1v) is 10.6. The second-order valence-electron chi connectivity index (χ2n) is 5.92. The van der Waals surface area contributed by atoms with E-state index < -0.39 is 10.0 Å². The topological polar surface area (TPSA) is 57.7 Å². The predicted molar refractivity (Wildman–Crippen MR) is 106 cm³/mol. The van der Waals surface area contributed by atoms with E-state index in [1.54, 1.807) is 53.4 Å². The van der Waals surface area contributed by atoms with Gasteiger partial charge in [0.2, 0.25) is 10.0 Å². The van der Waals surface area contributed by atoms with Crippen LogP contribution in [0.4, 0.5) is 5.69 Å². The molecule has 0 aromatic heterocycles. The third kappa shape index (κ3) is 4.99. The van der Waals surface area contributed by atoms with E-state index in [9.17, 15) is 13.2 Å². The first-order valence-electron chi connectivity index (χ1n) is 8.37. The van der Waals surface area contributed by atoms with E-state index in [4.69, 9.17) is 11.6 Å². The first kappa shape index (κ1) is 20.3. The van der Waals surface area contributed by atoms with E-state index in [1.165, 1.54) is 4.31 Å². The first-order chi connectivity index (χ1) is 12.3. The van der Waals surface area contributed by atoms with Crippen molar-refractivity contribution in [3.63, 3.8) is 0 Å². The molecule has 0 fully saturated rings. The highest BCUT2D eigenvalue weighted by molar-refractivity contribution is 7.92. The summed E-state index contributed by atoms with van der Waals surface area (Å²) in [5.41, 5.74) is 1.88. The van der Waals surface area contributed by atoms with Gasteiger partial charge in [0.25, 0.3) is 5.91 Å². The molecule has 0 radical (unpaired) electrons. The number of amides is 1. The third-order valence-corrected chi connectivity index (χ3v) is 5.45. The molecule has 0 aliphatic carbocycles. The van der Waals surface area contributed by atoms with Crippen molar-refractivity contribution in [1.29, 1.82) is 0 Å². The lowest BCUT2D eigenvalue weighted by Crippen LogP contribution is -2.30. The zero-order valence-corrected chi connectivity index (χ0v) is 16.7. The average Bonchev–Trinajstić information content (AvgIpc) is 2.60. The van der Waals surface area contributed by atoms with E-state index >= 15 is 0 Å². The number of nitrogens with zero attached hydrogens (tertiary/aromatic N) is 2. The fourth-order valence-corrected chi connectivity index (χ4v) is 3.71. The van der Waals surface area contributed by atoms with Gasteiger partial charge in [-0.25, -0.2) is 8.42 Å². The molecule has 0 heterocycles. The largest absolute Gasteiger partial charge is 0.339 e. The lowest BCUT2D eigenvalue weighted by Gasteiger charge is -2.23. The van der Waals surface area contributed by atoms with Gasteiger partial charge in [0.15, 0.2) is 0 Å². The van der Waals surface area contributed by atoms with E-state index in [0.29, 0.717) is 29.4 Å². The molecule has 1 amide bonds. The van der Waals surface area contributed by atoms with Crippen molar-refractivity contribution in [3.8, 4) is 0 Å². The molecule has 5 nitrogen and oxygen atoms in total. The van der Waals surface area contributed by atoms with Crippen molar-refractivity contribution in [2.24, 2.45) is 0 Å². The summed E-state index contributed by atoms with van der Waals surface area (Å²) < 4.78 is 25.7. The molecule has 0 aliphatic heterocycles.